The molecule has 0 unspecified atom stereocenters. The number of para-hydroxylation sites is 1. The maximum atomic E-state index is 14.3. The summed E-state index contributed by atoms with van der Waals surface area (Å²) in [5.74, 6) is -0.893. The van der Waals surface area contributed by atoms with Crippen LogP contribution in [0.5, 0.6) is 11.5 Å². The number of carbonyl (C=O) groups is 2. The number of likely N-dealkylation sites (tertiary alicyclic amines) is 1. The van der Waals surface area contributed by atoms with Crippen LogP contribution in [0.25, 0.3) is 0 Å². The van der Waals surface area contributed by atoms with E-state index in [1.54, 1.807) is 17.0 Å². The first-order chi connectivity index (χ1) is 23.6. The Kier molecular flexibility index (Phi) is 10.9. The minimum absolute atomic E-state index is 0.0233. The number of halogens is 1. The molecule has 4 aromatic carbocycles. The number of primary amides is 1. The van der Waals surface area contributed by atoms with Crippen molar-refractivity contribution >= 4 is 54.7 Å². The van der Waals surface area contributed by atoms with Crippen LogP contribution in [0.15, 0.2) is 91.0 Å². The zero-order valence-corrected chi connectivity index (χ0v) is 28.9. The van der Waals surface area contributed by atoms with Crippen LogP contribution in [-0.4, -0.2) is 65.3 Å². The first-order valence-electron chi connectivity index (χ1n) is 15.5. The number of hydrogen-bond acceptors (Lipinski definition) is 8. The minimum atomic E-state index is -3.73. The van der Waals surface area contributed by atoms with Crippen molar-refractivity contribution in [1.29, 1.82) is 0 Å². The Morgan fingerprint density at radius 3 is 2.12 bits per heavy atom. The van der Waals surface area contributed by atoms with E-state index in [1.807, 2.05) is 42.5 Å². The van der Waals surface area contributed by atoms with Gasteiger partial charge in [0.25, 0.3) is 5.91 Å². The van der Waals surface area contributed by atoms with Crippen LogP contribution in [0, 0.1) is 5.82 Å². The molecule has 5 rings (SSSR count). The lowest BCUT2D eigenvalue weighted by atomic mass is 10.0. The summed E-state index contributed by atoms with van der Waals surface area (Å²) in [6.07, 6.45) is 3.27. The summed E-state index contributed by atoms with van der Waals surface area (Å²) in [5, 5.41) is 2.79. The molecule has 1 aliphatic rings. The van der Waals surface area contributed by atoms with Crippen LogP contribution in [0.3, 0.4) is 0 Å². The van der Waals surface area contributed by atoms with Gasteiger partial charge < -0.3 is 15.8 Å². The molecule has 13 nitrogen and oxygen atoms in total. The molecule has 4 aromatic rings. The molecule has 1 aliphatic heterocycles. The van der Waals surface area contributed by atoms with E-state index in [4.69, 9.17) is 10.5 Å². The van der Waals surface area contributed by atoms with E-state index in [0.717, 1.165) is 24.1 Å². The molecule has 0 atom stereocenters. The molecule has 0 bridgehead atoms. The van der Waals surface area contributed by atoms with Gasteiger partial charge in [-0.05, 0) is 79.1 Å². The van der Waals surface area contributed by atoms with E-state index >= 15 is 0 Å². The second-order valence-corrected chi connectivity index (χ2v) is 15.4. The Hall–Kier alpha value is -5.19. The number of piperidine rings is 1. The molecule has 1 heterocycles. The molecule has 0 radical (unpaired) electrons. The number of nitrogens with two attached hydrogens (primary N) is 1. The summed E-state index contributed by atoms with van der Waals surface area (Å²) in [6, 6.07) is 23.9. The number of anilines is 4. The van der Waals surface area contributed by atoms with Gasteiger partial charge in [0.15, 0.2) is 0 Å². The van der Waals surface area contributed by atoms with Gasteiger partial charge in [0, 0.05) is 42.7 Å². The highest BCUT2D eigenvalue weighted by Gasteiger charge is 2.29. The number of amides is 3. The van der Waals surface area contributed by atoms with Crippen LogP contribution >= 0.6 is 0 Å². The molecule has 3 amide bonds. The number of sulfonamides is 2. The van der Waals surface area contributed by atoms with Gasteiger partial charge in [-0.15, -0.1) is 0 Å². The molecule has 0 saturated carbocycles. The fraction of sp³-hybridized carbons (Fsp3) is 0.235. The van der Waals surface area contributed by atoms with Crippen LogP contribution in [0.2, 0.25) is 0 Å². The number of nitrogens with zero attached hydrogens (tertiary/aromatic N) is 2. The van der Waals surface area contributed by atoms with Gasteiger partial charge in [-0.3, -0.25) is 24.0 Å². The Labute approximate surface area is 290 Å². The summed E-state index contributed by atoms with van der Waals surface area (Å²) in [6.45, 7) is 2.05. The molecule has 0 aliphatic carbocycles. The molecule has 50 heavy (non-hydrogen) atoms. The molecular weight excluding hydrogens is 688 g/mol. The molecule has 1 fully saturated rings. The van der Waals surface area contributed by atoms with Crippen molar-refractivity contribution in [1.82, 2.24) is 4.90 Å². The lowest BCUT2D eigenvalue weighted by molar-refractivity contribution is 0.0998. The van der Waals surface area contributed by atoms with Gasteiger partial charge in [0.1, 0.15) is 17.3 Å². The van der Waals surface area contributed by atoms with E-state index < -0.39 is 37.8 Å². The summed E-state index contributed by atoms with van der Waals surface area (Å²) in [5.41, 5.74) is 7.40. The van der Waals surface area contributed by atoms with Gasteiger partial charge in [-0.1, -0.05) is 30.3 Å². The van der Waals surface area contributed by atoms with E-state index in [1.165, 1.54) is 30.3 Å². The smallest absolute Gasteiger partial charge is 0.326 e. The molecule has 1 saturated heterocycles. The van der Waals surface area contributed by atoms with Crippen LogP contribution in [-0.2, 0) is 26.6 Å². The van der Waals surface area contributed by atoms with Gasteiger partial charge in [0.2, 0.25) is 20.0 Å². The van der Waals surface area contributed by atoms with E-state index in [2.05, 4.69) is 19.7 Å². The second kappa shape index (κ2) is 15.1. The maximum Gasteiger partial charge on any atom is 0.326 e. The number of ether oxygens (including phenoxy) is 1. The highest BCUT2D eigenvalue weighted by molar-refractivity contribution is 7.92. The van der Waals surface area contributed by atoms with Crippen molar-refractivity contribution in [3.8, 4) is 11.5 Å². The first-order valence-corrected chi connectivity index (χ1v) is 19.3. The number of nitrogens with one attached hydrogen (secondary N) is 3. The van der Waals surface area contributed by atoms with Crippen LogP contribution in [0.4, 0.5) is 31.9 Å². The van der Waals surface area contributed by atoms with E-state index in [9.17, 15) is 30.8 Å². The standard InChI is InChI=1S/C34H37FN6O7S2/c1-49(44,45)38-25-11-15-32(29(20-25)33(36)42)48-28-12-8-23(9-13-28)22-40-18-16-27(17-19-40)41(26-6-4-3-5-7-26)34(43)37-24-10-14-30(35)31(21-24)39-50(2,46)47/h3-15,20-21,27,38-39H,16-19,22H2,1-2H3,(H2,36,42)(H,37,43). The van der Waals surface area contributed by atoms with Crippen molar-refractivity contribution in [2.45, 2.75) is 25.4 Å². The summed E-state index contributed by atoms with van der Waals surface area (Å²) in [4.78, 5) is 29.7. The molecular formula is C34H37FN6O7S2. The first kappa shape index (κ1) is 36.1. The molecule has 0 spiro atoms. The number of urea groups is 1. The van der Waals surface area contributed by atoms with Crippen molar-refractivity contribution in [3.63, 3.8) is 0 Å². The van der Waals surface area contributed by atoms with Crippen molar-refractivity contribution in [2.24, 2.45) is 5.73 Å². The van der Waals surface area contributed by atoms with Gasteiger partial charge in [-0.25, -0.2) is 26.0 Å². The zero-order valence-electron chi connectivity index (χ0n) is 27.3. The van der Waals surface area contributed by atoms with Gasteiger partial charge in [-0.2, -0.15) is 0 Å². The maximum absolute atomic E-state index is 14.3. The number of benzene rings is 4. The SMILES string of the molecule is CS(=O)(=O)Nc1ccc(Oc2ccc(CN3CCC(N(C(=O)Nc4ccc(F)c(NS(C)(=O)=O)c4)c4ccccc4)CC3)cc2)c(C(N)=O)c1. The van der Waals surface area contributed by atoms with Crippen LogP contribution < -0.4 is 30.1 Å². The third-order valence-electron chi connectivity index (χ3n) is 7.79. The van der Waals surface area contributed by atoms with Crippen molar-refractivity contribution < 1.29 is 35.6 Å². The topological polar surface area (TPSA) is 180 Å². The average Bonchev–Trinajstić information content (AvgIpc) is 3.04. The van der Waals surface area contributed by atoms with Crippen LogP contribution in [0.1, 0.15) is 28.8 Å². The quantitative estimate of drug-likeness (QED) is 0.155. The third-order valence-corrected chi connectivity index (χ3v) is 8.99. The van der Waals surface area contributed by atoms with Gasteiger partial charge in [0.05, 0.1) is 23.8 Å². The minimum Gasteiger partial charge on any atom is -0.457 e. The lowest BCUT2D eigenvalue weighted by Crippen LogP contribution is -2.49. The predicted octanol–water partition coefficient (Wildman–Crippen LogP) is 5.16. The Morgan fingerprint density at radius 2 is 1.50 bits per heavy atom. The number of hydrogen-bond donors (Lipinski definition) is 4. The summed E-state index contributed by atoms with van der Waals surface area (Å²) < 4.78 is 71.1. The van der Waals surface area contributed by atoms with Gasteiger partial charge >= 0.3 is 6.03 Å². The Morgan fingerprint density at radius 1 is 0.860 bits per heavy atom. The Bertz CT molecular complexity index is 2070. The molecule has 16 heteroatoms. The lowest BCUT2D eigenvalue weighted by Gasteiger charge is -2.38. The summed E-state index contributed by atoms with van der Waals surface area (Å²) in [7, 11) is -7.28. The summed E-state index contributed by atoms with van der Waals surface area (Å²) >= 11 is 0. The van der Waals surface area contributed by atoms with E-state index in [-0.39, 0.29) is 34.4 Å². The monoisotopic (exact) mass is 724 g/mol. The molecule has 264 valence electrons. The highest BCUT2D eigenvalue weighted by Crippen LogP contribution is 2.30. The Balaban J connectivity index is 1.22. The van der Waals surface area contributed by atoms with Crippen molar-refractivity contribution in [2.75, 3.05) is 45.3 Å². The number of carbonyl (C=O) groups excluding carboxylic acids is 2. The average molecular weight is 725 g/mol. The second-order valence-electron chi connectivity index (χ2n) is 11.9. The third kappa shape index (κ3) is 9.93. The molecule has 0 aromatic heterocycles. The molecule has 5 N–H and O–H groups in total. The van der Waals surface area contributed by atoms with Crippen molar-refractivity contribution in [3.05, 3.63) is 108 Å². The number of rotatable bonds is 12. The predicted molar refractivity (Wildman–Crippen MR) is 191 cm³/mol. The fourth-order valence-electron chi connectivity index (χ4n) is 5.62. The fourth-order valence-corrected chi connectivity index (χ4v) is 6.73. The largest absolute Gasteiger partial charge is 0.457 e. The highest BCUT2D eigenvalue weighted by atomic mass is 32.2. The zero-order chi connectivity index (χ0) is 36.1. The van der Waals surface area contributed by atoms with E-state index in [0.29, 0.717) is 43.9 Å². The normalized spacial score (nSPS) is 14.1.